The number of allylic oxidation sites excluding steroid dienone is 4. The second-order valence-electron chi connectivity index (χ2n) is 7.49. The van der Waals surface area contributed by atoms with Gasteiger partial charge in [-0.25, -0.2) is 0 Å². The third kappa shape index (κ3) is 5.81. The molecule has 2 aliphatic heterocycles. The van der Waals surface area contributed by atoms with E-state index in [1.165, 1.54) is 29.0 Å². The maximum Gasteiger partial charge on any atom is 0.266 e. The molecule has 0 atom stereocenters. The number of rotatable bonds is 8. The van der Waals surface area contributed by atoms with Gasteiger partial charge in [-0.3, -0.25) is 9.69 Å². The van der Waals surface area contributed by atoms with E-state index in [-0.39, 0.29) is 10.2 Å². The molecule has 8 heteroatoms. The summed E-state index contributed by atoms with van der Waals surface area (Å²) in [5.74, 6) is -1.72. The molecule has 0 spiro atoms. The molecule has 1 aromatic rings. The van der Waals surface area contributed by atoms with Gasteiger partial charge in [-0.05, 0) is 55.7 Å². The summed E-state index contributed by atoms with van der Waals surface area (Å²) in [7, 11) is 0. The van der Waals surface area contributed by atoms with Crippen LogP contribution in [0, 0.1) is 6.92 Å². The lowest BCUT2D eigenvalue weighted by molar-refractivity contribution is -0.305. The lowest BCUT2D eigenvalue weighted by atomic mass is 10.2. The zero-order valence-electron chi connectivity index (χ0n) is 17.8. The number of anilines is 1. The Morgan fingerprint density at radius 2 is 2.00 bits per heavy atom. The van der Waals surface area contributed by atoms with E-state index in [1.54, 1.807) is 17.8 Å². The Morgan fingerprint density at radius 3 is 2.71 bits per heavy atom. The Labute approximate surface area is 197 Å². The number of unbranched alkanes of at least 4 members (excludes halogenated alkanes) is 2. The number of hydrogen-bond donors (Lipinski definition) is 0. The van der Waals surface area contributed by atoms with Crippen molar-refractivity contribution in [2.45, 2.75) is 44.9 Å². The van der Waals surface area contributed by atoms with Crippen LogP contribution in [-0.4, -0.2) is 34.2 Å². The second kappa shape index (κ2) is 10.5. The molecular formula is C23H25N2O3S3-. The van der Waals surface area contributed by atoms with Crippen LogP contribution in [0.15, 0.2) is 56.8 Å². The number of fused-ring (bicyclic) bond motifs is 1. The molecule has 1 fully saturated rings. The molecule has 1 saturated heterocycles. The topological polar surface area (TPSA) is 63.7 Å². The van der Waals surface area contributed by atoms with Crippen LogP contribution in [0.2, 0.25) is 0 Å². The van der Waals surface area contributed by atoms with Crippen LogP contribution >= 0.6 is 35.7 Å². The van der Waals surface area contributed by atoms with Gasteiger partial charge in [0.25, 0.3) is 5.91 Å². The number of amides is 1. The number of aliphatic carboxylic acids is 1. The first-order valence-corrected chi connectivity index (χ1v) is 12.2. The van der Waals surface area contributed by atoms with Gasteiger partial charge in [0.15, 0.2) is 0 Å². The van der Waals surface area contributed by atoms with Crippen molar-refractivity contribution in [1.29, 1.82) is 0 Å². The Hall–Kier alpha value is -2.03. The van der Waals surface area contributed by atoms with Crippen molar-refractivity contribution in [3.05, 3.63) is 57.5 Å². The van der Waals surface area contributed by atoms with E-state index in [9.17, 15) is 14.7 Å². The first-order chi connectivity index (χ1) is 14.8. The number of carbonyl (C=O) groups is 2. The number of hydrogen-bond acceptors (Lipinski definition) is 7. The molecule has 3 rings (SSSR count). The summed E-state index contributed by atoms with van der Waals surface area (Å²) in [4.78, 5) is 28.4. The van der Waals surface area contributed by atoms with E-state index < -0.39 is 12.5 Å². The molecule has 0 N–H and O–H groups in total. The summed E-state index contributed by atoms with van der Waals surface area (Å²) in [6, 6.07) is 6.54. The number of aryl methyl sites for hydroxylation is 1. The minimum absolute atomic E-state index is 0.242. The number of carboxylic acids is 1. The van der Waals surface area contributed by atoms with E-state index in [4.69, 9.17) is 12.2 Å². The highest BCUT2D eigenvalue weighted by atomic mass is 32.2. The Bertz CT molecular complexity index is 998. The van der Waals surface area contributed by atoms with E-state index in [0.29, 0.717) is 4.91 Å². The monoisotopic (exact) mass is 473 g/mol. The molecule has 0 aliphatic carbocycles. The van der Waals surface area contributed by atoms with Crippen LogP contribution in [0.5, 0.6) is 0 Å². The summed E-state index contributed by atoms with van der Waals surface area (Å²) in [6.07, 6.45) is 9.32. The minimum Gasteiger partial charge on any atom is -0.548 e. The number of nitrogens with zero attached hydrogens (tertiary/aromatic N) is 2. The zero-order valence-corrected chi connectivity index (χ0v) is 20.3. The maximum absolute atomic E-state index is 12.4. The molecule has 0 unspecified atom stereocenters. The molecule has 2 aliphatic rings. The molecule has 2 heterocycles. The first-order valence-electron chi connectivity index (χ1n) is 10.2. The van der Waals surface area contributed by atoms with Gasteiger partial charge < -0.3 is 14.8 Å². The van der Waals surface area contributed by atoms with Crippen LogP contribution in [0.3, 0.4) is 0 Å². The van der Waals surface area contributed by atoms with Gasteiger partial charge >= 0.3 is 0 Å². The molecule has 0 bridgehead atoms. The van der Waals surface area contributed by atoms with Crippen molar-refractivity contribution < 1.29 is 14.7 Å². The summed E-state index contributed by atoms with van der Waals surface area (Å²) in [5, 5.41) is 12.0. The number of thioether (sulfide) groups is 2. The van der Waals surface area contributed by atoms with Gasteiger partial charge in [0.1, 0.15) is 4.32 Å². The third-order valence-electron chi connectivity index (χ3n) is 4.88. The summed E-state index contributed by atoms with van der Waals surface area (Å²) < 4.78 is 0.242. The predicted octanol–water partition coefficient (Wildman–Crippen LogP) is 4.38. The van der Waals surface area contributed by atoms with Crippen LogP contribution in [-0.2, 0) is 9.59 Å². The lowest BCUT2D eigenvalue weighted by Gasteiger charge is -2.20. The summed E-state index contributed by atoms with van der Waals surface area (Å²) in [6.45, 7) is 6.67. The number of carbonyl (C=O) groups excluding carboxylic acids is 2. The molecule has 0 radical (unpaired) electrons. The quantitative estimate of drug-likeness (QED) is 0.315. The zero-order chi connectivity index (χ0) is 22.5. The molecule has 31 heavy (non-hydrogen) atoms. The minimum atomic E-state index is -1.33. The average Bonchev–Trinajstić information content (AvgIpc) is 3.17. The van der Waals surface area contributed by atoms with Gasteiger partial charge in [-0.1, -0.05) is 67.6 Å². The molecule has 1 amide bonds. The Kier molecular flexibility index (Phi) is 8.02. The SMILES string of the molecule is CCCCCN1/C(=C/C=C(C)/C=C2/SC(=S)N(CC(=O)[O-])C2=O)Sc2cc(C)ccc21. The van der Waals surface area contributed by atoms with Crippen LogP contribution in [0.4, 0.5) is 5.69 Å². The summed E-state index contributed by atoms with van der Waals surface area (Å²) in [5.41, 5.74) is 3.38. The van der Waals surface area contributed by atoms with Gasteiger partial charge in [-0.15, -0.1) is 0 Å². The van der Waals surface area contributed by atoms with E-state index in [1.807, 2.05) is 13.0 Å². The smallest absolute Gasteiger partial charge is 0.266 e. The third-order valence-corrected chi connectivity index (χ3v) is 7.37. The molecule has 164 valence electrons. The molecule has 0 aromatic heterocycles. The highest BCUT2D eigenvalue weighted by Crippen LogP contribution is 2.46. The van der Waals surface area contributed by atoms with E-state index >= 15 is 0 Å². The molecule has 5 nitrogen and oxygen atoms in total. The number of benzene rings is 1. The Balaban J connectivity index is 1.79. The van der Waals surface area contributed by atoms with Crippen LogP contribution in [0.1, 0.15) is 38.7 Å². The standard InChI is InChI=1S/C23H26N2O3S3/c1-4-5-6-11-24-17-9-7-15(2)12-18(17)30-20(24)10-8-16(3)13-19-22(28)25(14-21(26)27)23(29)31-19/h7-10,12-13H,4-6,11,14H2,1-3H3,(H,26,27)/p-1/b16-8+,19-13+,20-10-. The van der Waals surface area contributed by atoms with Gasteiger partial charge in [0.05, 0.1) is 28.1 Å². The lowest BCUT2D eigenvalue weighted by Crippen LogP contribution is -2.40. The van der Waals surface area contributed by atoms with E-state index in [2.05, 4.69) is 43.0 Å². The number of thiocarbonyl (C=S) groups is 1. The Morgan fingerprint density at radius 1 is 1.23 bits per heavy atom. The van der Waals surface area contributed by atoms with Gasteiger partial charge in [-0.2, -0.15) is 0 Å². The van der Waals surface area contributed by atoms with Crippen molar-refractivity contribution in [1.82, 2.24) is 4.90 Å². The van der Waals surface area contributed by atoms with Crippen LogP contribution < -0.4 is 10.0 Å². The van der Waals surface area contributed by atoms with Gasteiger partial charge in [0, 0.05) is 11.4 Å². The first kappa shape index (κ1) is 23.6. The summed E-state index contributed by atoms with van der Waals surface area (Å²) >= 11 is 8.00. The fourth-order valence-electron chi connectivity index (χ4n) is 3.31. The van der Waals surface area contributed by atoms with Crippen molar-refractivity contribution in [3.63, 3.8) is 0 Å². The van der Waals surface area contributed by atoms with Crippen molar-refractivity contribution in [3.8, 4) is 0 Å². The van der Waals surface area contributed by atoms with E-state index in [0.717, 1.165) is 40.2 Å². The van der Waals surface area contributed by atoms with Crippen molar-refractivity contribution in [2.24, 2.45) is 0 Å². The number of carboxylic acid groups (broad SMARTS) is 1. The average molecular weight is 474 g/mol. The predicted molar refractivity (Wildman–Crippen MR) is 131 cm³/mol. The highest BCUT2D eigenvalue weighted by Gasteiger charge is 2.31. The van der Waals surface area contributed by atoms with Crippen LogP contribution in [0.25, 0.3) is 0 Å². The molecular weight excluding hydrogens is 448 g/mol. The normalized spacial score (nSPS) is 19.1. The maximum atomic E-state index is 12.4. The van der Waals surface area contributed by atoms with Crippen molar-refractivity contribution >= 4 is 57.6 Å². The highest BCUT2D eigenvalue weighted by molar-refractivity contribution is 8.26. The molecule has 1 aromatic carbocycles. The largest absolute Gasteiger partial charge is 0.548 e. The molecule has 0 saturated carbocycles. The van der Waals surface area contributed by atoms with Gasteiger partial charge in [0.2, 0.25) is 0 Å². The second-order valence-corrected chi connectivity index (χ2v) is 10.2. The van der Waals surface area contributed by atoms with Crippen molar-refractivity contribution in [2.75, 3.05) is 18.0 Å². The fourth-order valence-corrected chi connectivity index (χ4v) is 5.80. The fraction of sp³-hybridized carbons (Fsp3) is 0.348.